The van der Waals surface area contributed by atoms with E-state index in [1.807, 2.05) is 13.8 Å². The quantitative estimate of drug-likeness (QED) is 0.323. The maximum Gasteiger partial charge on any atom is 0.405 e. The number of nitrogens with zero attached hydrogens (tertiary/aromatic N) is 1. The average Bonchev–Trinajstić information content (AvgIpc) is 1.86. The summed E-state index contributed by atoms with van der Waals surface area (Å²) in [6.07, 6.45) is 0.0299. The molecule has 3 N–H and O–H groups in total. The van der Waals surface area contributed by atoms with E-state index in [4.69, 9.17) is 10.3 Å². The maximum atomic E-state index is 10.1. The molecule has 0 aliphatic heterocycles. The highest BCUT2D eigenvalue weighted by Gasteiger charge is 2.12. The summed E-state index contributed by atoms with van der Waals surface area (Å²) in [4.78, 5) is 10.1. The first kappa shape index (κ1) is 9.74. The molecule has 5 heteroatoms. The minimum atomic E-state index is -1.12. The molecular weight excluding hydrogens is 148 g/mol. The van der Waals surface area contributed by atoms with E-state index >= 15 is 0 Å². The third-order valence-corrected chi connectivity index (χ3v) is 1.24. The second kappa shape index (κ2) is 4.54. The van der Waals surface area contributed by atoms with Crippen LogP contribution in [0, 0.1) is 5.92 Å². The Morgan fingerprint density at radius 2 is 2.18 bits per heavy atom. The summed E-state index contributed by atoms with van der Waals surface area (Å²) in [6.45, 7) is 3.64. The van der Waals surface area contributed by atoms with Gasteiger partial charge in [-0.1, -0.05) is 19.0 Å². The number of oxime groups is 1. The molecule has 0 heterocycles. The molecule has 0 saturated heterocycles. The second-order valence-electron chi connectivity index (χ2n) is 2.48. The molecule has 0 spiro atoms. The minimum Gasteiger partial charge on any atom is -0.465 e. The monoisotopic (exact) mass is 160 g/mol. The fraction of sp³-hybridized carbons (Fsp3) is 0.667. The molecule has 0 saturated carbocycles. The van der Waals surface area contributed by atoms with E-state index < -0.39 is 12.1 Å². The van der Waals surface area contributed by atoms with Crippen LogP contribution < -0.4 is 5.32 Å². The van der Waals surface area contributed by atoms with Crippen molar-refractivity contribution in [1.29, 1.82) is 0 Å². The van der Waals surface area contributed by atoms with Gasteiger partial charge in [0.2, 0.25) is 0 Å². The van der Waals surface area contributed by atoms with Crippen molar-refractivity contribution in [2.24, 2.45) is 11.1 Å². The topological polar surface area (TPSA) is 81.9 Å². The molecule has 0 aromatic rings. The van der Waals surface area contributed by atoms with Crippen molar-refractivity contribution in [3.05, 3.63) is 0 Å². The van der Waals surface area contributed by atoms with Crippen LogP contribution in [-0.2, 0) is 0 Å². The Balaban J connectivity index is 4.00. The van der Waals surface area contributed by atoms with Crippen LogP contribution in [0.25, 0.3) is 0 Å². The Morgan fingerprint density at radius 1 is 1.64 bits per heavy atom. The van der Waals surface area contributed by atoms with Crippen molar-refractivity contribution in [3.63, 3.8) is 0 Å². The predicted molar refractivity (Wildman–Crippen MR) is 40.1 cm³/mol. The van der Waals surface area contributed by atoms with Crippen LogP contribution in [0.5, 0.6) is 0 Å². The molecule has 11 heavy (non-hydrogen) atoms. The Hall–Kier alpha value is -1.26. The minimum absolute atomic E-state index is 0.0713. The van der Waals surface area contributed by atoms with Gasteiger partial charge >= 0.3 is 6.09 Å². The molecule has 5 nitrogen and oxygen atoms in total. The first-order chi connectivity index (χ1) is 5.07. The van der Waals surface area contributed by atoms with E-state index in [-0.39, 0.29) is 5.92 Å². The van der Waals surface area contributed by atoms with Gasteiger partial charge in [-0.05, 0) is 5.92 Å². The molecule has 0 aromatic carbocycles. The summed E-state index contributed by atoms with van der Waals surface area (Å²) in [7, 11) is 0. The van der Waals surface area contributed by atoms with Crippen LogP contribution in [0.15, 0.2) is 5.16 Å². The fourth-order valence-corrected chi connectivity index (χ4v) is 0.590. The number of hydrogen-bond donors (Lipinski definition) is 3. The zero-order valence-electron chi connectivity index (χ0n) is 6.48. The van der Waals surface area contributed by atoms with Gasteiger partial charge in [0.05, 0.1) is 12.3 Å². The van der Waals surface area contributed by atoms with Gasteiger partial charge in [0.15, 0.2) is 0 Å². The Morgan fingerprint density at radius 3 is 2.45 bits per heavy atom. The van der Waals surface area contributed by atoms with Gasteiger partial charge in [-0.25, -0.2) is 4.79 Å². The number of rotatable bonds is 3. The van der Waals surface area contributed by atoms with Crippen LogP contribution in [-0.4, -0.2) is 28.7 Å². The van der Waals surface area contributed by atoms with E-state index in [9.17, 15) is 4.79 Å². The smallest absolute Gasteiger partial charge is 0.405 e. The lowest BCUT2D eigenvalue weighted by Crippen LogP contribution is -2.38. The Kier molecular flexibility index (Phi) is 4.02. The Bertz CT molecular complexity index is 156. The van der Waals surface area contributed by atoms with Gasteiger partial charge in [-0.15, -0.1) is 0 Å². The van der Waals surface area contributed by atoms with Crippen LogP contribution in [0.3, 0.4) is 0 Å². The standard InChI is InChI=1S/C6H12N2O3/c1-4(2)5(3-7-11)8-6(9)10/h3-5,8,11H,1-2H3,(H,9,10). The van der Waals surface area contributed by atoms with Gasteiger partial charge < -0.3 is 15.6 Å². The average molecular weight is 160 g/mol. The van der Waals surface area contributed by atoms with E-state index in [1.165, 1.54) is 0 Å². The first-order valence-electron chi connectivity index (χ1n) is 3.25. The van der Waals surface area contributed by atoms with E-state index in [0.29, 0.717) is 0 Å². The summed E-state index contributed by atoms with van der Waals surface area (Å²) in [5.41, 5.74) is 0. The number of amides is 1. The molecule has 1 amide bonds. The normalized spacial score (nSPS) is 13.7. The highest BCUT2D eigenvalue weighted by molar-refractivity contribution is 5.73. The van der Waals surface area contributed by atoms with Crippen molar-refractivity contribution < 1.29 is 15.1 Å². The van der Waals surface area contributed by atoms with Crippen LogP contribution in [0.4, 0.5) is 4.79 Å². The van der Waals surface area contributed by atoms with Gasteiger partial charge in [0.1, 0.15) is 0 Å². The van der Waals surface area contributed by atoms with Gasteiger partial charge in [0, 0.05) is 0 Å². The lowest BCUT2D eigenvalue weighted by Gasteiger charge is -2.14. The van der Waals surface area contributed by atoms with Crippen molar-refractivity contribution in [2.75, 3.05) is 0 Å². The molecule has 1 atom stereocenters. The zero-order valence-corrected chi connectivity index (χ0v) is 6.48. The highest BCUT2D eigenvalue weighted by Crippen LogP contribution is 1.98. The largest absolute Gasteiger partial charge is 0.465 e. The zero-order chi connectivity index (χ0) is 8.85. The highest BCUT2D eigenvalue weighted by atomic mass is 16.4. The third-order valence-electron chi connectivity index (χ3n) is 1.24. The molecule has 0 rings (SSSR count). The van der Waals surface area contributed by atoms with E-state index in [1.54, 1.807) is 0 Å². The SMILES string of the molecule is CC(C)C(C=NO)NC(=O)O. The van der Waals surface area contributed by atoms with E-state index in [2.05, 4.69) is 10.5 Å². The van der Waals surface area contributed by atoms with Crippen molar-refractivity contribution in [3.8, 4) is 0 Å². The van der Waals surface area contributed by atoms with Crippen molar-refractivity contribution in [1.82, 2.24) is 5.32 Å². The number of carbonyl (C=O) groups is 1. The van der Waals surface area contributed by atoms with Crippen LogP contribution >= 0.6 is 0 Å². The third kappa shape index (κ3) is 4.19. The van der Waals surface area contributed by atoms with E-state index in [0.717, 1.165) is 6.21 Å². The summed E-state index contributed by atoms with van der Waals surface area (Å²) in [5, 5.41) is 21.4. The molecule has 64 valence electrons. The molecule has 1 unspecified atom stereocenters. The maximum absolute atomic E-state index is 10.1. The van der Waals surface area contributed by atoms with Crippen LogP contribution in [0.2, 0.25) is 0 Å². The number of carboxylic acid groups (broad SMARTS) is 1. The van der Waals surface area contributed by atoms with Gasteiger partial charge in [-0.2, -0.15) is 0 Å². The second-order valence-corrected chi connectivity index (χ2v) is 2.48. The van der Waals surface area contributed by atoms with Gasteiger partial charge in [-0.3, -0.25) is 0 Å². The first-order valence-corrected chi connectivity index (χ1v) is 3.25. The molecule has 0 fully saturated rings. The lowest BCUT2D eigenvalue weighted by atomic mass is 10.1. The van der Waals surface area contributed by atoms with Gasteiger partial charge in [0.25, 0.3) is 0 Å². The van der Waals surface area contributed by atoms with Crippen molar-refractivity contribution >= 4 is 12.3 Å². The number of nitrogens with one attached hydrogen (secondary N) is 1. The Labute approximate surface area is 64.7 Å². The summed E-state index contributed by atoms with van der Waals surface area (Å²) in [5.74, 6) is 0.0713. The number of hydrogen-bond acceptors (Lipinski definition) is 3. The lowest BCUT2D eigenvalue weighted by molar-refractivity contribution is 0.190. The molecule has 0 aromatic heterocycles. The molecule has 0 aliphatic carbocycles. The molecule has 0 radical (unpaired) electrons. The van der Waals surface area contributed by atoms with Crippen molar-refractivity contribution in [2.45, 2.75) is 19.9 Å². The summed E-state index contributed by atoms with van der Waals surface area (Å²) in [6, 6.07) is -0.433. The summed E-state index contributed by atoms with van der Waals surface area (Å²) >= 11 is 0. The fourth-order valence-electron chi connectivity index (χ4n) is 0.590. The summed E-state index contributed by atoms with van der Waals surface area (Å²) < 4.78 is 0. The predicted octanol–water partition coefficient (Wildman–Crippen LogP) is 0.739. The molecule has 0 bridgehead atoms. The van der Waals surface area contributed by atoms with Crippen LogP contribution in [0.1, 0.15) is 13.8 Å². The molecule has 0 aliphatic rings. The molecular formula is C6H12N2O3.